The van der Waals surface area contributed by atoms with Crippen LogP contribution in [0.15, 0.2) is 24.3 Å². The van der Waals surface area contributed by atoms with Gasteiger partial charge in [0.2, 0.25) is 0 Å². The molecule has 0 atom stereocenters. The van der Waals surface area contributed by atoms with Crippen LogP contribution in [0.3, 0.4) is 0 Å². The van der Waals surface area contributed by atoms with Gasteiger partial charge in [0.05, 0.1) is 23.4 Å². The lowest BCUT2D eigenvalue weighted by molar-refractivity contribution is 0.0511. The van der Waals surface area contributed by atoms with Crippen molar-refractivity contribution in [3.8, 4) is 0 Å². The number of nitrogens with zero attached hydrogens (tertiary/aromatic N) is 1. The fourth-order valence-corrected chi connectivity index (χ4v) is 3.46. The zero-order valence-corrected chi connectivity index (χ0v) is 14.7. The van der Waals surface area contributed by atoms with Crippen molar-refractivity contribution < 1.29 is 13.9 Å². The Kier molecular flexibility index (Phi) is 5.30. The van der Waals surface area contributed by atoms with Crippen LogP contribution in [0.25, 0.3) is 10.9 Å². The minimum Gasteiger partial charge on any atom is -0.384 e. The van der Waals surface area contributed by atoms with E-state index >= 15 is 0 Å². The van der Waals surface area contributed by atoms with E-state index in [9.17, 15) is 9.18 Å². The second-order valence-corrected chi connectivity index (χ2v) is 6.82. The number of amides is 1. The third-order valence-electron chi connectivity index (χ3n) is 4.95. The van der Waals surface area contributed by atoms with Crippen LogP contribution in [0.2, 0.25) is 0 Å². The van der Waals surface area contributed by atoms with E-state index in [0.717, 1.165) is 31.3 Å². The predicted molar refractivity (Wildman–Crippen MR) is 95.2 cm³/mol. The van der Waals surface area contributed by atoms with Crippen LogP contribution in [-0.2, 0) is 4.74 Å². The third kappa shape index (κ3) is 3.96. The quantitative estimate of drug-likeness (QED) is 0.874. The minimum absolute atomic E-state index is 0.0308. The van der Waals surface area contributed by atoms with Gasteiger partial charge in [0, 0.05) is 30.5 Å². The lowest BCUT2D eigenvalue weighted by Crippen LogP contribution is -2.47. The van der Waals surface area contributed by atoms with Crippen molar-refractivity contribution in [3.63, 3.8) is 0 Å². The van der Waals surface area contributed by atoms with Crippen molar-refractivity contribution in [2.45, 2.75) is 19.8 Å². The highest BCUT2D eigenvalue weighted by Crippen LogP contribution is 2.28. The van der Waals surface area contributed by atoms with E-state index in [4.69, 9.17) is 4.74 Å². The predicted octanol–water partition coefficient (Wildman–Crippen LogP) is 2.43. The van der Waals surface area contributed by atoms with Gasteiger partial charge >= 0.3 is 0 Å². The summed E-state index contributed by atoms with van der Waals surface area (Å²) in [4.78, 5) is 17.1. The molecule has 2 heterocycles. The smallest absolute Gasteiger partial charge is 0.253 e. The molecular weight excluding hydrogens is 321 g/mol. The molecule has 5 nitrogen and oxygen atoms in total. The topological polar surface area (TPSA) is 63.2 Å². The zero-order chi connectivity index (χ0) is 17.9. The molecule has 2 aromatic rings. The summed E-state index contributed by atoms with van der Waals surface area (Å²) in [5, 5.41) is 7.15. The summed E-state index contributed by atoms with van der Waals surface area (Å²) in [7, 11) is 1.70. The Labute approximate surface area is 147 Å². The third-order valence-corrected chi connectivity index (χ3v) is 4.95. The second kappa shape index (κ2) is 7.45. The van der Waals surface area contributed by atoms with E-state index in [1.165, 1.54) is 12.1 Å². The number of aryl methyl sites for hydroxylation is 1. The van der Waals surface area contributed by atoms with Gasteiger partial charge in [-0.3, -0.25) is 9.78 Å². The number of carbonyl (C=O) groups is 1. The van der Waals surface area contributed by atoms with E-state index in [-0.39, 0.29) is 17.1 Å². The molecule has 1 aliphatic rings. The maximum absolute atomic E-state index is 13.3. The summed E-state index contributed by atoms with van der Waals surface area (Å²) >= 11 is 0. The summed E-state index contributed by atoms with van der Waals surface area (Å²) < 4.78 is 18.7. The van der Waals surface area contributed by atoms with Crippen LogP contribution in [-0.4, -0.2) is 44.2 Å². The fraction of sp³-hybridized carbons (Fsp3) is 0.474. The van der Waals surface area contributed by atoms with Gasteiger partial charge in [0.1, 0.15) is 5.82 Å². The number of nitrogens with one attached hydrogen (secondary N) is 2. The molecule has 1 aliphatic heterocycles. The molecule has 0 unspecified atom stereocenters. The zero-order valence-electron chi connectivity index (χ0n) is 14.7. The van der Waals surface area contributed by atoms with Gasteiger partial charge in [-0.25, -0.2) is 4.39 Å². The Morgan fingerprint density at radius 1 is 1.36 bits per heavy atom. The highest BCUT2D eigenvalue weighted by Gasteiger charge is 2.32. The maximum atomic E-state index is 13.3. The molecule has 3 rings (SSSR count). The van der Waals surface area contributed by atoms with Crippen LogP contribution >= 0.6 is 0 Å². The number of aromatic nitrogens is 1. The van der Waals surface area contributed by atoms with Crippen LogP contribution in [0.1, 0.15) is 28.9 Å². The normalized spacial score (nSPS) is 16.8. The Balaban J connectivity index is 1.77. The SMILES string of the molecule is COCC1(CNC(=O)c2cc3ccc(F)cc3nc2C)CCNCC1. The Hall–Kier alpha value is -2.05. The largest absolute Gasteiger partial charge is 0.384 e. The highest BCUT2D eigenvalue weighted by atomic mass is 19.1. The van der Waals surface area contributed by atoms with Crippen LogP contribution in [0.4, 0.5) is 4.39 Å². The van der Waals surface area contributed by atoms with Crippen molar-refractivity contribution in [2.24, 2.45) is 5.41 Å². The summed E-state index contributed by atoms with van der Waals surface area (Å²) in [6, 6.07) is 6.18. The molecule has 0 saturated carbocycles. The molecule has 0 radical (unpaired) electrons. The molecule has 1 saturated heterocycles. The molecular formula is C19H24FN3O2. The number of ether oxygens (including phenoxy) is 1. The van der Waals surface area contributed by atoms with Gasteiger partial charge in [0.15, 0.2) is 0 Å². The van der Waals surface area contributed by atoms with Gasteiger partial charge in [-0.1, -0.05) is 0 Å². The molecule has 1 fully saturated rings. The van der Waals surface area contributed by atoms with E-state index in [1.807, 2.05) is 0 Å². The van der Waals surface area contributed by atoms with Crippen LogP contribution in [0.5, 0.6) is 0 Å². The highest BCUT2D eigenvalue weighted by molar-refractivity contribution is 5.98. The van der Waals surface area contributed by atoms with E-state index in [1.54, 1.807) is 26.2 Å². The van der Waals surface area contributed by atoms with E-state index in [0.29, 0.717) is 29.9 Å². The summed E-state index contributed by atoms with van der Waals surface area (Å²) in [6.07, 6.45) is 1.94. The molecule has 0 aliphatic carbocycles. The molecule has 2 N–H and O–H groups in total. The van der Waals surface area contributed by atoms with Crippen molar-refractivity contribution in [1.29, 1.82) is 0 Å². The monoisotopic (exact) mass is 345 g/mol. The number of fused-ring (bicyclic) bond motifs is 1. The number of methoxy groups -OCH3 is 1. The number of piperidine rings is 1. The van der Waals surface area contributed by atoms with Gasteiger partial charge in [0.25, 0.3) is 5.91 Å². The molecule has 1 aromatic carbocycles. The maximum Gasteiger partial charge on any atom is 0.253 e. The second-order valence-electron chi connectivity index (χ2n) is 6.82. The molecule has 0 spiro atoms. The number of rotatable bonds is 5. The van der Waals surface area contributed by atoms with Crippen LogP contribution < -0.4 is 10.6 Å². The van der Waals surface area contributed by atoms with Crippen molar-refractivity contribution >= 4 is 16.8 Å². The van der Waals surface area contributed by atoms with Gasteiger partial charge in [-0.2, -0.15) is 0 Å². The van der Waals surface area contributed by atoms with Crippen molar-refractivity contribution in [3.05, 3.63) is 41.3 Å². The molecule has 134 valence electrons. The van der Waals surface area contributed by atoms with Crippen molar-refractivity contribution in [1.82, 2.24) is 15.6 Å². The molecule has 25 heavy (non-hydrogen) atoms. The lowest BCUT2D eigenvalue weighted by atomic mass is 9.79. The average Bonchev–Trinajstić information content (AvgIpc) is 2.60. The lowest BCUT2D eigenvalue weighted by Gasteiger charge is -2.37. The fourth-order valence-electron chi connectivity index (χ4n) is 3.46. The molecule has 6 heteroatoms. The first-order chi connectivity index (χ1) is 12.0. The first-order valence-corrected chi connectivity index (χ1v) is 8.58. The van der Waals surface area contributed by atoms with Gasteiger partial charge in [-0.05, 0) is 51.1 Å². The molecule has 1 aromatic heterocycles. The summed E-state index contributed by atoms with van der Waals surface area (Å²) in [6.45, 7) is 4.84. The molecule has 1 amide bonds. The first kappa shape index (κ1) is 17.8. The van der Waals surface area contributed by atoms with Gasteiger partial charge < -0.3 is 15.4 Å². The Bertz CT molecular complexity index is 767. The average molecular weight is 345 g/mol. The standard InChI is InChI=1S/C19H24FN3O2/c1-13-16(9-14-3-4-15(20)10-17(14)23-13)18(24)22-11-19(12-25-2)5-7-21-8-6-19/h3-4,9-10,21H,5-8,11-12H2,1-2H3,(H,22,24). The van der Waals surface area contributed by atoms with Crippen LogP contribution in [0, 0.1) is 18.2 Å². The first-order valence-electron chi connectivity index (χ1n) is 8.58. The number of pyridine rings is 1. The van der Waals surface area contributed by atoms with E-state index < -0.39 is 0 Å². The van der Waals surface area contributed by atoms with Crippen molar-refractivity contribution in [2.75, 3.05) is 33.4 Å². The summed E-state index contributed by atoms with van der Waals surface area (Å²) in [5.74, 6) is -0.478. The number of halogens is 1. The number of carbonyl (C=O) groups excluding carboxylic acids is 1. The minimum atomic E-state index is -0.330. The Morgan fingerprint density at radius 3 is 2.84 bits per heavy atom. The number of hydrogen-bond donors (Lipinski definition) is 2. The number of hydrogen-bond acceptors (Lipinski definition) is 4. The number of benzene rings is 1. The Morgan fingerprint density at radius 2 is 2.12 bits per heavy atom. The summed E-state index contributed by atoms with van der Waals surface area (Å²) in [5.41, 5.74) is 1.65. The van der Waals surface area contributed by atoms with Gasteiger partial charge in [-0.15, -0.1) is 0 Å². The van der Waals surface area contributed by atoms with E-state index in [2.05, 4.69) is 15.6 Å². The molecule has 0 bridgehead atoms.